The number of methoxy groups -OCH3 is 1. The first-order chi connectivity index (χ1) is 15.2. The Balaban J connectivity index is 1.37. The Morgan fingerprint density at radius 2 is 1.77 bits per heavy atom. The van der Waals surface area contributed by atoms with Crippen molar-refractivity contribution < 1.29 is 18.8 Å². The van der Waals surface area contributed by atoms with Crippen molar-refractivity contribution in [2.75, 3.05) is 7.11 Å². The summed E-state index contributed by atoms with van der Waals surface area (Å²) in [7, 11) is 1.59. The molecule has 7 nitrogen and oxygen atoms in total. The summed E-state index contributed by atoms with van der Waals surface area (Å²) < 4.78 is 16.6. The minimum atomic E-state index is -0.326. The van der Waals surface area contributed by atoms with Gasteiger partial charge in [0.05, 0.1) is 7.11 Å². The summed E-state index contributed by atoms with van der Waals surface area (Å²) in [6, 6.07) is 20.6. The standard InChI is InChI=1S/C24H21N3O4/c1-29-23-13-18(7-8-21(23)30-16-17-5-3-2-4-6-17)15-26-24(28)20-14-22(31-27-20)19-9-11-25-12-10-19/h2-14H,15-16H2,1H3,(H,26,28). The molecule has 7 heteroatoms. The summed E-state index contributed by atoms with van der Waals surface area (Å²) in [5.41, 5.74) is 2.95. The lowest BCUT2D eigenvalue weighted by Gasteiger charge is -2.12. The van der Waals surface area contributed by atoms with Crippen molar-refractivity contribution >= 4 is 5.91 Å². The molecule has 0 fully saturated rings. The van der Waals surface area contributed by atoms with Crippen LogP contribution in [0.25, 0.3) is 11.3 Å². The quantitative estimate of drug-likeness (QED) is 0.463. The number of hydrogen-bond acceptors (Lipinski definition) is 6. The number of carbonyl (C=O) groups is 1. The molecule has 0 saturated heterocycles. The molecule has 1 amide bonds. The van der Waals surface area contributed by atoms with Gasteiger partial charge >= 0.3 is 0 Å². The second-order valence-electron chi connectivity index (χ2n) is 6.75. The number of rotatable bonds is 8. The van der Waals surface area contributed by atoms with E-state index in [0.29, 0.717) is 30.4 Å². The number of hydrogen-bond donors (Lipinski definition) is 1. The molecule has 0 atom stereocenters. The van der Waals surface area contributed by atoms with Crippen molar-refractivity contribution in [3.05, 3.63) is 95.9 Å². The normalized spacial score (nSPS) is 10.5. The Morgan fingerprint density at radius 1 is 0.968 bits per heavy atom. The van der Waals surface area contributed by atoms with E-state index in [1.807, 2.05) is 48.5 Å². The van der Waals surface area contributed by atoms with E-state index in [0.717, 1.165) is 16.7 Å². The second kappa shape index (κ2) is 9.58. The van der Waals surface area contributed by atoms with Gasteiger partial charge in [0, 0.05) is 30.6 Å². The number of amides is 1. The first-order valence-electron chi connectivity index (χ1n) is 9.72. The van der Waals surface area contributed by atoms with Crippen molar-refractivity contribution in [2.45, 2.75) is 13.2 Å². The van der Waals surface area contributed by atoms with Crippen molar-refractivity contribution in [1.29, 1.82) is 0 Å². The molecular formula is C24H21N3O4. The summed E-state index contributed by atoms with van der Waals surface area (Å²) in [5, 5.41) is 6.69. The van der Waals surface area contributed by atoms with Crippen molar-refractivity contribution in [1.82, 2.24) is 15.5 Å². The maximum Gasteiger partial charge on any atom is 0.273 e. The Morgan fingerprint density at radius 3 is 2.55 bits per heavy atom. The lowest BCUT2D eigenvalue weighted by atomic mass is 10.2. The molecule has 4 rings (SSSR count). The van der Waals surface area contributed by atoms with Gasteiger partial charge in [0.1, 0.15) is 6.61 Å². The Hall–Kier alpha value is -4.13. The van der Waals surface area contributed by atoms with Gasteiger partial charge in [-0.3, -0.25) is 9.78 Å². The maximum absolute atomic E-state index is 12.4. The van der Waals surface area contributed by atoms with Crippen LogP contribution in [-0.4, -0.2) is 23.2 Å². The van der Waals surface area contributed by atoms with Crippen LogP contribution in [0.3, 0.4) is 0 Å². The molecule has 2 heterocycles. The Kier molecular flexibility index (Phi) is 6.23. The van der Waals surface area contributed by atoms with Crippen LogP contribution >= 0.6 is 0 Å². The van der Waals surface area contributed by atoms with Gasteiger partial charge in [-0.1, -0.05) is 41.6 Å². The molecule has 31 heavy (non-hydrogen) atoms. The van der Waals surface area contributed by atoms with Crippen LogP contribution in [0.5, 0.6) is 11.5 Å². The fourth-order valence-corrected chi connectivity index (χ4v) is 2.98. The minimum Gasteiger partial charge on any atom is -0.493 e. The maximum atomic E-state index is 12.4. The average molecular weight is 415 g/mol. The van der Waals surface area contributed by atoms with E-state index in [1.54, 1.807) is 37.7 Å². The van der Waals surface area contributed by atoms with E-state index < -0.39 is 0 Å². The number of benzene rings is 2. The average Bonchev–Trinajstić information content (AvgIpc) is 3.33. The zero-order chi connectivity index (χ0) is 21.5. The number of nitrogens with one attached hydrogen (secondary N) is 1. The van der Waals surface area contributed by atoms with Gasteiger partial charge in [0.15, 0.2) is 23.0 Å². The van der Waals surface area contributed by atoms with Crippen LogP contribution < -0.4 is 14.8 Å². The third-order valence-electron chi connectivity index (χ3n) is 4.63. The molecule has 156 valence electrons. The van der Waals surface area contributed by atoms with E-state index in [9.17, 15) is 4.79 Å². The van der Waals surface area contributed by atoms with E-state index >= 15 is 0 Å². The smallest absolute Gasteiger partial charge is 0.273 e. The fraction of sp³-hybridized carbons (Fsp3) is 0.125. The highest BCUT2D eigenvalue weighted by molar-refractivity contribution is 5.93. The molecule has 2 aromatic heterocycles. The second-order valence-corrected chi connectivity index (χ2v) is 6.75. The van der Waals surface area contributed by atoms with Gasteiger partial charge in [-0.15, -0.1) is 0 Å². The van der Waals surface area contributed by atoms with Crippen molar-refractivity contribution in [3.8, 4) is 22.8 Å². The SMILES string of the molecule is COc1cc(CNC(=O)c2cc(-c3ccncc3)on2)ccc1OCc1ccccc1. The molecule has 0 radical (unpaired) electrons. The van der Waals surface area contributed by atoms with Gasteiger partial charge in [-0.05, 0) is 35.4 Å². The van der Waals surface area contributed by atoms with Crippen LogP contribution in [0.1, 0.15) is 21.6 Å². The van der Waals surface area contributed by atoms with Gasteiger partial charge in [0.2, 0.25) is 0 Å². The summed E-state index contributed by atoms with van der Waals surface area (Å²) in [6.45, 7) is 0.755. The van der Waals surface area contributed by atoms with Crippen LogP contribution in [0.2, 0.25) is 0 Å². The van der Waals surface area contributed by atoms with E-state index in [1.165, 1.54) is 0 Å². The summed E-state index contributed by atoms with van der Waals surface area (Å²) >= 11 is 0. The summed E-state index contributed by atoms with van der Waals surface area (Å²) in [6.07, 6.45) is 3.30. The summed E-state index contributed by atoms with van der Waals surface area (Å²) in [4.78, 5) is 16.4. The van der Waals surface area contributed by atoms with Crippen molar-refractivity contribution in [3.63, 3.8) is 0 Å². The molecular weight excluding hydrogens is 394 g/mol. The Labute approximate surface area is 179 Å². The number of aromatic nitrogens is 2. The summed E-state index contributed by atoms with van der Waals surface area (Å²) in [5.74, 6) is 1.42. The monoisotopic (exact) mass is 415 g/mol. The van der Waals surface area contributed by atoms with Crippen LogP contribution in [-0.2, 0) is 13.2 Å². The number of pyridine rings is 1. The topological polar surface area (TPSA) is 86.5 Å². The zero-order valence-corrected chi connectivity index (χ0v) is 16.9. The highest BCUT2D eigenvalue weighted by Gasteiger charge is 2.14. The molecule has 0 aliphatic rings. The minimum absolute atomic E-state index is 0.210. The fourth-order valence-electron chi connectivity index (χ4n) is 2.98. The lowest BCUT2D eigenvalue weighted by molar-refractivity contribution is 0.0942. The molecule has 0 aliphatic heterocycles. The molecule has 0 bridgehead atoms. The number of carbonyl (C=O) groups excluding carboxylic acids is 1. The van der Waals surface area contributed by atoms with Crippen molar-refractivity contribution in [2.24, 2.45) is 0 Å². The highest BCUT2D eigenvalue weighted by Crippen LogP contribution is 2.29. The molecule has 0 spiro atoms. The van der Waals surface area contributed by atoms with Gasteiger partial charge < -0.3 is 19.3 Å². The number of nitrogens with zero attached hydrogens (tertiary/aromatic N) is 2. The molecule has 0 unspecified atom stereocenters. The first-order valence-corrected chi connectivity index (χ1v) is 9.72. The van der Waals surface area contributed by atoms with E-state index in [4.69, 9.17) is 14.0 Å². The van der Waals surface area contributed by atoms with E-state index in [2.05, 4.69) is 15.5 Å². The largest absolute Gasteiger partial charge is 0.493 e. The predicted octanol–water partition coefficient (Wildman–Crippen LogP) is 4.25. The van der Waals surface area contributed by atoms with Gasteiger partial charge in [-0.2, -0.15) is 0 Å². The Bertz CT molecular complexity index is 1140. The van der Waals surface area contributed by atoms with Gasteiger partial charge in [-0.25, -0.2) is 0 Å². The first kappa shape index (κ1) is 20.2. The third kappa shape index (κ3) is 5.08. The van der Waals surface area contributed by atoms with E-state index in [-0.39, 0.29) is 11.6 Å². The molecule has 4 aromatic rings. The highest BCUT2D eigenvalue weighted by atomic mass is 16.5. The third-order valence-corrected chi connectivity index (χ3v) is 4.63. The molecule has 1 N–H and O–H groups in total. The predicted molar refractivity (Wildman–Crippen MR) is 115 cm³/mol. The lowest BCUT2D eigenvalue weighted by Crippen LogP contribution is -2.23. The van der Waals surface area contributed by atoms with Crippen LogP contribution in [0.15, 0.2) is 83.6 Å². The molecule has 0 saturated carbocycles. The zero-order valence-electron chi connectivity index (χ0n) is 16.9. The number of ether oxygens (including phenoxy) is 2. The van der Waals surface area contributed by atoms with Crippen LogP contribution in [0.4, 0.5) is 0 Å². The molecule has 0 aliphatic carbocycles. The van der Waals surface area contributed by atoms with Crippen LogP contribution in [0, 0.1) is 0 Å². The van der Waals surface area contributed by atoms with Gasteiger partial charge in [0.25, 0.3) is 5.91 Å². The molecule has 2 aromatic carbocycles.